The first-order chi connectivity index (χ1) is 5.77. The van der Waals surface area contributed by atoms with E-state index in [-0.39, 0.29) is 6.10 Å². The van der Waals surface area contributed by atoms with E-state index in [9.17, 15) is 5.11 Å². The number of aliphatic hydroxyl groups is 1. The summed E-state index contributed by atoms with van der Waals surface area (Å²) in [5.41, 5.74) is 0. The van der Waals surface area contributed by atoms with E-state index in [0.29, 0.717) is 5.92 Å². The number of hydrogen-bond donors (Lipinski definition) is 1. The minimum atomic E-state index is -0.139. The molecule has 1 heterocycles. The van der Waals surface area contributed by atoms with Crippen LogP contribution in [0.2, 0.25) is 4.34 Å². The lowest BCUT2D eigenvalue weighted by Crippen LogP contribution is -2.09. The van der Waals surface area contributed by atoms with Crippen molar-refractivity contribution in [3.8, 4) is 0 Å². The second-order valence-electron chi connectivity index (χ2n) is 3.25. The Morgan fingerprint density at radius 3 is 2.75 bits per heavy atom. The Morgan fingerprint density at radius 2 is 2.25 bits per heavy atom. The van der Waals surface area contributed by atoms with Crippen LogP contribution < -0.4 is 0 Å². The Hall–Kier alpha value is -0.0500. The highest BCUT2D eigenvalue weighted by Crippen LogP contribution is 2.38. The van der Waals surface area contributed by atoms with Crippen LogP contribution in [0.1, 0.15) is 30.1 Å². The molecule has 1 fully saturated rings. The zero-order valence-electron chi connectivity index (χ0n) is 6.66. The Morgan fingerprint density at radius 1 is 1.42 bits per heavy atom. The topological polar surface area (TPSA) is 20.2 Å². The van der Waals surface area contributed by atoms with Gasteiger partial charge in [0.2, 0.25) is 0 Å². The number of thiophene rings is 1. The molecular formula is C9H11ClOS. The summed E-state index contributed by atoms with van der Waals surface area (Å²) in [6.45, 7) is 0. The second kappa shape index (κ2) is 3.36. The van der Waals surface area contributed by atoms with Gasteiger partial charge in [-0.05, 0) is 25.0 Å². The van der Waals surface area contributed by atoms with Crippen molar-refractivity contribution in [3.05, 3.63) is 21.3 Å². The fourth-order valence-electron chi connectivity index (χ4n) is 1.80. The van der Waals surface area contributed by atoms with Gasteiger partial charge in [-0.1, -0.05) is 18.0 Å². The van der Waals surface area contributed by atoms with Crippen LogP contribution >= 0.6 is 22.9 Å². The molecule has 2 rings (SSSR count). The maximum atomic E-state index is 9.62. The van der Waals surface area contributed by atoms with E-state index in [1.54, 1.807) is 11.3 Å². The standard InChI is InChI=1S/C9H11ClOS/c10-9-5-4-8(12-9)6-2-1-3-7(6)11/h4-7,11H,1-3H2. The summed E-state index contributed by atoms with van der Waals surface area (Å²) in [5, 5.41) is 9.62. The van der Waals surface area contributed by atoms with Crippen molar-refractivity contribution in [1.82, 2.24) is 0 Å². The van der Waals surface area contributed by atoms with E-state index in [1.165, 1.54) is 4.88 Å². The highest BCUT2D eigenvalue weighted by atomic mass is 35.5. The molecule has 0 aromatic carbocycles. The van der Waals surface area contributed by atoms with E-state index in [0.717, 1.165) is 23.6 Å². The molecule has 3 heteroatoms. The molecule has 12 heavy (non-hydrogen) atoms. The Labute approximate surface area is 81.0 Å². The van der Waals surface area contributed by atoms with Crippen LogP contribution in [0.3, 0.4) is 0 Å². The molecule has 1 nitrogen and oxygen atoms in total. The van der Waals surface area contributed by atoms with Gasteiger partial charge in [-0.15, -0.1) is 11.3 Å². The molecule has 0 amide bonds. The zero-order valence-corrected chi connectivity index (χ0v) is 8.24. The van der Waals surface area contributed by atoms with Crippen molar-refractivity contribution in [2.75, 3.05) is 0 Å². The monoisotopic (exact) mass is 202 g/mol. The van der Waals surface area contributed by atoms with Gasteiger partial charge in [0.25, 0.3) is 0 Å². The van der Waals surface area contributed by atoms with E-state index in [2.05, 4.69) is 0 Å². The zero-order chi connectivity index (χ0) is 8.55. The van der Waals surface area contributed by atoms with E-state index in [1.807, 2.05) is 12.1 Å². The van der Waals surface area contributed by atoms with E-state index in [4.69, 9.17) is 11.6 Å². The summed E-state index contributed by atoms with van der Waals surface area (Å²) in [6.07, 6.45) is 3.05. The molecule has 0 aliphatic heterocycles. The van der Waals surface area contributed by atoms with Gasteiger partial charge in [0.15, 0.2) is 0 Å². The van der Waals surface area contributed by atoms with Gasteiger partial charge >= 0.3 is 0 Å². The number of rotatable bonds is 1. The number of aliphatic hydroxyl groups excluding tert-OH is 1. The third-order valence-electron chi connectivity index (χ3n) is 2.44. The quantitative estimate of drug-likeness (QED) is 0.743. The van der Waals surface area contributed by atoms with Crippen LogP contribution in [0, 0.1) is 0 Å². The third kappa shape index (κ3) is 1.51. The Bertz CT molecular complexity index is 271. The lowest BCUT2D eigenvalue weighted by Gasteiger charge is -2.11. The van der Waals surface area contributed by atoms with Gasteiger partial charge in [0.05, 0.1) is 10.4 Å². The molecule has 2 atom stereocenters. The van der Waals surface area contributed by atoms with E-state index >= 15 is 0 Å². The Balaban J connectivity index is 2.19. The smallest absolute Gasteiger partial charge is 0.0931 e. The molecule has 1 N–H and O–H groups in total. The molecule has 1 aromatic rings. The van der Waals surface area contributed by atoms with Crippen LogP contribution in [0.5, 0.6) is 0 Å². The number of hydrogen-bond acceptors (Lipinski definition) is 2. The highest BCUT2D eigenvalue weighted by Gasteiger charge is 2.27. The summed E-state index contributed by atoms with van der Waals surface area (Å²) in [6, 6.07) is 3.94. The van der Waals surface area contributed by atoms with Gasteiger partial charge in [-0.3, -0.25) is 0 Å². The SMILES string of the molecule is OC1CCCC1c1ccc(Cl)s1. The molecule has 0 bridgehead atoms. The molecule has 0 radical (unpaired) electrons. The molecule has 1 aromatic heterocycles. The molecule has 1 saturated carbocycles. The van der Waals surface area contributed by atoms with Crippen LogP contribution in [0.4, 0.5) is 0 Å². The molecule has 1 aliphatic rings. The molecule has 66 valence electrons. The van der Waals surface area contributed by atoms with Crippen LogP contribution in [0.25, 0.3) is 0 Å². The first-order valence-corrected chi connectivity index (χ1v) is 5.40. The van der Waals surface area contributed by atoms with Gasteiger partial charge in [0.1, 0.15) is 0 Å². The lowest BCUT2D eigenvalue weighted by atomic mass is 10.0. The van der Waals surface area contributed by atoms with Crippen LogP contribution in [0.15, 0.2) is 12.1 Å². The van der Waals surface area contributed by atoms with Crippen molar-refractivity contribution in [2.24, 2.45) is 0 Å². The van der Waals surface area contributed by atoms with Crippen molar-refractivity contribution in [3.63, 3.8) is 0 Å². The number of halogens is 1. The average molecular weight is 203 g/mol. The second-order valence-corrected chi connectivity index (χ2v) is 4.99. The molecular weight excluding hydrogens is 192 g/mol. The van der Waals surface area contributed by atoms with Gasteiger partial charge in [-0.25, -0.2) is 0 Å². The van der Waals surface area contributed by atoms with Crippen molar-refractivity contribution >= 4 is 22.9 Å². The minimum Gasteiger partial charge on any atom is -0.392 e. The van der Waals surface area contributed by atoms with Crippen molar-refractivity contribution in [2.45, 2.75) is 31.3 Å². The largest absolute Gasteiger partial charge is 0.392 e. The summed E-state index contributed by atoms with van der Waals surface area (Å²) in [7, 11) is 0. The normalized spacial score (nSPS) is 29.5. The molecule has 1 aliphatic carbocycles. The fraction of sp³-hybridized carbons (Fsp3) is 0.556. The average Bonchev–Trinajstić information content (AvgIpc) is 2.58. The summed E-state index contributed by atoms with van der Waals surface area (Å²) < 4.78 is 0.823. The first kappa shape index (κ1) is 8.54. The maximum Gasteiger partial charge on any atom is 0.0931 e. The van der Waals surface area contributed by atoms with Gasteiger partial charge in [0, 0.05) is 10.8 Å². The van der Waals surface area contributed by atoms with Gasteiger partial charge in [-0.2, -0.15) is 0 Å². The maximum absolute atomic E-state index is 9.62. The highest BCUT2D eigenvalue weighted by molar-refractivity contribution is 7.16. The van der Waals surface area contributed by atoms with E-state index < -0.39 is 0 Å². The molecule has 0 spiro atoms. The summed E-state index contributed by atoms with van der Waals surface area (Å²) >= 11 is 7.42. The molecule has 0 saturated heterocycles. The summed E-state index contributed by atoms with van der Waals surface area (Å²) in [4.78, 5) is 1.24. The predicted octanol–water partition coefficient (Wildman–Crippen LogP) is 3.03. The molecule has 2 unspecified atom stereocenters. The summed E-state index contributed by atoms with van der Waals surface area (Å²) in [5.74, 6) is 0.350. The van der Waals surface area contributed by atoms with Crippen molar-refractivity contribution < 1.29 is 5.11 Å². The first-order valence-electron chi connectivity index (χ1n) is 4.20. The Kier molecular flexibility index (Phi) is 2.40. The van der Waals surface area contributed by atoms with Gasteiger partial charge < -0.3 is 5.11 Å². The predicted molar refractivity (Wildman–Crippen MR) is 51.9 cm³/mol. The van der Waals surface area contributed by atoms with Crippen LogP contribution in [-0.2, 0) is 0 Å². The van der Waals surface area contributed by atoms with Crippen molar-refractivity contribution in [1.29, 1.82) is 0 Å². The third-order valence-corrected chi connectivity index (χ3v) is 3.80. The lowest BCUT2D eigenvalue weighted by molar-refractivity contribution is 0.165. The van der Waals surface area contributed by atoms with Crippen LogP contribution in [-0.4, -0.2) is 11.2 Å². The minimum absolute atomic E-state index is 0.139. The fourth-order valence-corrected chi connectivity index (χ4v) is 3.05.